The number of amides is 2. The van der Waals surface area contributed by atoms with Crippen LogP contribution in [0.5, 0.6) is 0 Å². The van der Waals surface area contributed by atoms with Gasteiger partial charge in [0.2, 0.25) is 5.91 Å². The fraction of sp³-hybridized carbons (Fsp3) is 0.500. The van der Waals surface area contributed by atoms with Crippen molar-refractivity contribution in [3.05, 3.63) is 53.1 Å². The van der Waals surface area contributed by atoms with E-state index in [1.54, 1.807) is 22.9 Å². The van der Waals surface area contributed by atoms with Crippen molar-refractivity contribution in [3.8, 4) is 0 Å². The summed E-state index contributed by atoms with van der Waals surface area (Å²) >= 11 is 0. The van der Waals surface area contributed by atoms with Crippen molar-refractivity contribution in [1.82, 2.24) is 20.0 Å². The molecule has 0 spiro atoms. The molecule has 0 aliphatic carbocycles. The number of nitrogens with one attached hydrogen (secondary N) is 1. The van der Waals surface area contributed by atoms with Crippen molar-refractivity contribution in [2.24, 2.45) is 5.92 Å². The van der Waals surface area contributed by atoms with Crippen LogP contribution in [0.15, 0.2) is 30.3 Å². The molecule has 1 aliphatic heterocycles. The van der Waals surface area contributed by atoms with Gasteiger partial charge in [0.15, 0.2) is 0 Å². The third-order valence-electron chi connectivity index (χ3n) is 5.44. The lowest BCUT2D eigenvalue weighted by Gasteiger charge is -2.32. The average Bonchev–Trinajstić information content (AvgIpc) is 3.12. The predicted octanol–water partition coefficient (Wildman–Crippen LogP) is 3.30. The first kappa shape index (κ1) is 21.0. The highest BCUT2D eigenvalue weighted by atomic mass is 19.1. The van der Waals surface area contributed by atoms with Crippen molar-refractivity contribution in [2.45, 2.75) is 52.6 Å². The molecule has 7 heteroatoms. The van der Waals surface area contributed by atoms with Gasteiger partial charge in [-0.05, 0) is 51.2 Å². The summed E-state index contributed by atoms with van der Waals surface area (Å²) in [6, 6.07) is 8.28. The molecule has 0 radical (unpaired) electrons. The summed E-state index contributed by atoms with van der Waals surface area (Å²) in [5.74, 6) is -0.0839. The Morgan fingerprint density at radius 1 is 1.31 bits per heavy atom. The fourth-order valence-electron chi connectivity index (χ4n) is 3.87. The highest BCUT2D eigenvalue weighted by molar-refractivity contribution is 5.92. The zero-order chi connectivity index (χ0) is 20.8. The molecule has 3 rings (SSSR count). The minimum atomic E-state index is -0.309. The Morgan fingerprint density at radius 2 is 2.10 bits per heavy atom. The zero-order valence-electron chi connectivity index (χ0n) is 17.2. The number of aromatic nitrogens is 2. The van der Waals surface area contributed by atoms with Gasteiger partial charge in [-0.3, -0.25) is 14.3 Å². The van der Waals surface area contributed by atoms with Gasteiger partial charge in [0.1, 0.15) is 11.5 Å². The Hall–Kier alpha value is -2.70. The summed E-state index contributed by atoms with van der Waals surface area (Å²) in [7, 11) is 0. The standard InChI is InChI=1S/C22H29FN4O2/c1-3-27-20(13-16(2)25-27)22(29)26-12-6-7-17(15-26)10-11-21(28)24-14-18-8-4-5-9-19(18)23/h4-5,8-9,13,17H,3,6-7,10-12,14-15H2,1-2H3,(H,24,28)/t17-/m1/s1. The number of piperidine rings is 1. The molecular formula is C22H29FN4O2. The van der Waals surface area contributed by atoms with E-state index in [2.05, 4.69) is 10.4 Å². The highest BCUT2D eigenvalue weighted by Gasteiger charge is 2.27. The van der Waals surface area contributed by atoms with Crippen LogP contribution >= 0.6 is 0 Å². The number of aryl methyl sites for hydroxylation is 2. The minimum Gasteiger partial charge on any atom is -0.352 e. The summed E-state index contributed by atoms with van der Waals surface area (Å²) in [5, 5.41) is 7.15. The summed E-state index contributed by atoms with van der Waals surface area (Å²) in [6.07, 6.45) is 3.05. The Balaban J connectivity index is 1.48. The lowest BCUT2D eigenvalue weighted by molar-refractivity contribution is -0.121. The molecule has 1 fully saturated rings. The van der Waals surface area contributed by atoms with E-state index in [0.29, 0.717) is 36.7 Å². The van der Waals surface area contributed by atoms with E-state index in [1.807, 2.05) is 24.8 Å². The van der Waals surface area contributed by atoms with Crippen molar-refractivity contribution in [2.75, 3.05) is 13.1 Å². The number of carbonyl (C=O) groups is 2. The van der Waals surface area contributed by atoms with Gasteiger partial charge in [-0.25, -0.2) is 4.39 Å². The topological polar surface area (TPSA) is 67.2 Å². The number of nitrogens with zero attached hydrogens (tertiary/aromatic N) is 3. The molecular weight excluding hydrogens is 371 g/mol. The molecule has 0 saturated carbocycles. The number of rotatable bonds is 7. The van der Waals surface area contributed by atoms with E-state index in [9.17, 15) is 14.0 Å². The number of hydrogen-bond donors (Lipinski definition) is 1. The number of likely N-dealkylation sites (tertiary alicyclic amines) is 1. The molecule has 2 heterocycles. The number of carbonyl (C=O) groups excluding carboxylic acids is 2. The molecule has 6 nitrogen and oxygen atoms in total. The van der Waals surface area contributed by atoms with Crippen molar-refractivity contribution < 1.29 is 14.0 Å². The maximum atomic E-state index is 13.6. The second kappa shape index (κ2) is 9.67. The van der Waals surface area contributed by atoms with E-state index < -0.39 is 0 Å². The molecule has 1 saturated heterocycles. The van der Waals surface area contributed by atoms with Gasteiger partial charge in [0, 0.05) is 38.2 Å². The van der Waals surface area contributed by atoms with Crippen LogP contribution < -0.4 is 5.32 Å². The summed E-state index contributed by atoms with van der Waals surface area (Å²) < 4.78 is 15.4. The van der Waals surface area contributed by atoms with Gasteiger partial charge in [-0.1, -0.05) is 18.2 Å². The lowest BCUT2D eigenvalue weighted by atomic mass is 9.93. The molecule has 0 bridgehead atoms. The predicted molar refractivity (Wildman–Crippen MR) is 109 cm³/mol. The van der Waals surface area contributed by atoms with Gasteiger partial charge >= 0.3 is 0 Å². The van der Waals surface area contributed by atoms with Gasteiger partial charge in [-0.15, -0.1) is 0 Å². The fourth-order valence-corrected chi connectivity index (χ4v) is 3.87. The normalized spacial score (nSPS) is 16.7. The van der Waals surface area contributed by atoms with Crippen molar-refractivity contribution >= 4 is 11.8 Å². The zero-order valence-corrected chi connectivity index (χ0v) is 17.2. The molecule has 1 aliphatic rings. The molecule has 1 N–H and O–H groups in total. The SMILES string of the molecule is CCn1nc(C)cc1C(=O)N1CCC[C@H](CCC(=O)NCc2ccccc2F)C1. The molecule has 29 heavy (non-hydrogen) atoms. The highest BCUT2D eigenvalue weighted by Crippen LogP contribution is 2.23. The molecule has 1 aromatic heterocycles. The second-order valence-corrected chi connectivity index (χ2v) is 7.65. The minimum absolute atomic E-state index is 0.0150. The smallest absolute Gasteiger partial charge is 0.272 e. The van der Waals surface area contributed by atoms with Crippen LogP contribution in [0.4, 0.5) is 4.39 Å². The van der Waals surface area contributed by atoms with Gasteiger partial charge in [0.05, 0.1) is 5.69 Å². The van der Waals surface area contributed by atoms with E-state index in [-0.39, 0.29) is 24.2 Å². The lowest BCUT2D eigenvalue weighted by Crippen LogP contribution is -2.41. The summed E-state index contributed by atoms with van der Waals surface area (Å²) in [4.78, 5) is 27.0. The first-order valence-corrected chi connectivity index (χ1v) is 10.3. The first-order chi connectivity index (χ1) is 14.0. The van der Waals surface area contributed by atoms with Crippen LogP contribution in [0, 0.1) is 18.7 Å². The number of benzene rings is 1. The molecule has 1 aromatic carbocycles. The van der Waals surface area contributed by atoms with E-state index >= 15 is 0 Å². The molecule has 2 amide bonds. The largest absolute Gasteiger partial charge is 0.352 e. The molecule has 156 valence electrons. The van der Waals surface area contributed by atoms with E-state index in [4.69, 9.17) is 0 Å². The Kier molecular flexibility index (Phi) is 7.01. The summed E-state index contributed by atoms with van der Waals surface area (Å²) in [6.45, 7) is 6.12. The Morgan fingerprint density at radius 3 is 2.86 bits per heavy atom. The summed E-state index contributed by atoms with van der Waals surface area (Å²) in [5.41, 5.74) is 1.96. The maximum absolute atomic E-state index is 13.6. The second-order valence-electron chi connectivity index (χ2n) is 7.65. The number of hydrogen-bond acceptors (Lipinski definition) is 3. The van der Waals surface area contributed by atoms with Gasteiger partial charge in [0.25, 0.3) is 5.91 Å². The number of halogens is 1. The van der Waals surface area contributed by atoms with Crippen molar-refractivity contribution in [3.63, 3.8) is 0 Å². The van der Waals surface area contributed by atoms with Crippen LogP contribution in [-0.2, 0) is 17.9 Å². The van der Waals surface area contributed by atoms with Crippen molar-refractivity contribution in [1.29, 1.82) is 0 Å². The van der Waals surface area contributed by atoms with Gasteiger partial charge < -0.3 is 10.2 Å². The van der Waals surface area contributed by atoms with Crippen LogP contribution in [0.2, 0.25) is 0 Å². The van der Waals surface area contributed by atoms with E-state index in [0.717, 1.165) is 31.5 Å². The Labute approximate surface area is 171 Å². The molecule has 0 unspecified atom stereocenters. The van der Waals surface area contributed by atoms with Crippen LogP contribution in [0.3, 0.4) is 0 Å². The first-order valence-electron chi connectivity index (χ1n) is 10.3. The quantitative estimate of drug-likeness (QED) is 0.775. The van der Waals surface area contributed by atoms with Crippen LogP contribution in [0.1, 0.15) is 54.4 Å². The average molecular weight is 400 g/mol. The van der Waals surface area contributed by atoms with Crippen LogP contribution in [-0.4, -0.2) is 39.6 Å². The third-order valence-corrected chi connectivity index (χ3v) is 5.44. The molecule has 2 aromatic rings. The molecule has 1 atom stereocenters. The Bertz CT molecular complexity index is 864. The van der Waals surface area contributed by atoms with E-state index in [1.165, 1.54) is 6.07 Å². The maximum Gasteiger partial charge on any atom is 0.272 e. The monoisotopic (exact) mass is 400 g/mol. The van der Waals surface area contributed by atoms with Crippen LogP contribution in [0.25, 0.3) is 0 Å². The third kappa shape index (κ3) is 5.43. The van der Waals surface area contributed by atoms with Gasteiger partial charge in [-0.2, -0.15) is 5.10 Å².